The molecule has 0 amide bonds. The minimum Gasteiger partial charge on any atom is -0.495 e. The van der Waals surface area contributed by atoms with Crippen molar-refractivity contribution >= 4 is 22.3 Å². The van der Waals surface area contributed by atoms with Crippen LogP contribution in [-0.2, 0) is 0 Å². The molecule has 0 spiro atoms. The Hall–Kier alpha value is -2.82. The summed E-state index contributed by atoms with van der Waals surface area (Å²) in [7, 11) is 1.73. The lowest BCUT2D eigenvalue weighted by Crippen LogP contribution is -2.47. The maximum absolute atomic E-state index is 5.50. The van der Waals surface area contributed by atoms with E-state index < -0.39 is 0 Å². The van der Waals surface area contributed by atoms with Gasteiger partial charge in [0, 0.05) is 37.0 Å². The second kappa shape index (κ2) is 6.59. The van der Waals surface area contributed by atoms with Crippen LogP contribution in [0, 0.1) is 6.92 Å². The molecule has 1 saturated heterocycles. The number of para-hydroxylation sites is 2. The molecule has 2 heterocycles. The molecule has 0 atom stereocenters. The lowest BCUT2D eigenvalue weighted by molar-refractivity contribution is 0.413. The van der Waals surface area contributed by atoms with E-state index in [0.717, 1.165) is 49.1 Å². The Morgan fingerprint density at radius 2 is 1.44 bits per heavy atom. The van der Waals surface area contributed by atoms with Gasteiger partial charge in [0.25, 0.3) is 0 Å². The van der Waals surface area contributed by atoms with Crippen LogP contribution in [0.1, 0.15) is 5.69 Å². The molecule has 0 bridgehead atoms. The molecule has 0 aliphatic carbocycles. The topological polar surface area (TPSA) is 41.5 Å². The number of methoxy groups -OCH3 is 1. The summed E-state index contributed by atoms with van der Waals surface area (Å²) in [5, 5.41) is 11.2. The number of rotatable bonds is 3. The monoisotopic (exact) mass is 334 g/mol. The third-order valence-corrected chi connectivity index (χ3v) is 4.86. The Morgan fingerprint density at radius 1 is 0.800 bits per heavy atom. The fourth-order valence-corrected chi connectivity index (χ4v) is 3.51. The summed E-state index contributed by atoms with van der Waals surface area (Å²) in [6, 6.07) is 16.6. The van der Waals surface area contributed by atoms with Gasteiger partial charge in [0.15, 0.2) is 5.82 Å². The highest BCUT2D eigenvalue weighted by molar-refractivity contribution is 5.93. The molecule has 1 fully saturated rings. The first-order valence-electron chi connectivity index (χ1n) is 8.63. The fraction of sp³-hybridized carbons (Fsp3) is 0.300. The minimum atomic E-state index is 0.916. The number of ether oxygens (including phenoxy) is 1. The number of fused-ring (bicyclic) bond motifs is 1. The maximum atomic E-state index is 5.50. The van der Waals surface area contributed by atoms with Crippen molar-refractivity contribution in [3.63, 3.8) is 0 Å². The highest BCUT2D eigenvalue weighted by atomic mass is 16.5. The molecule has 0 saturated carbocycles. The number of hydrogen-bond donors (Lipinski definition) is 0. The summed E-state index contributed by atoms with van der Waals surface area (Å²) in [4.78, 5) is 4.71. The highest BCUT2D eigenvalue weighted by Gasteiger charge is 2.22. The van der Waals surface area contributed by atoms with Crippen molar-refractivity contribution in [2.75, 3.05) is 43.1 Å². The molecule has 5 nitrogen and oxygen atoms in total. The van der Waals surface area contributed by atoms with Crippen LogP contribution < -0.4 is 14.5 Å². The third kappa shape index (κ3) is 2.86. The number of aromatic nitrogens is 2. The average Bonchev–Trinajstić information content (AvgIpc) is 2.69. The quantitative estimate of drug-likeness (QED) is 0.735. The van der Waals surface area contributed by atoms with Gasteiger partial charge in [0.1, 0.15) is 5.75 Å². The van der Waals surface area contributed by atoms with Crippen LogP contribution in [0.3, 0.4) is 0 Å². The molecule has 1 aromatic heterocycles. The second-order valence-electron chi connectivity index (χ2n) is 6.30. The van der Waals surface area contributed by atoms with Gasteiger partial charge in [0.2, 0.25) is 0 Å². The lowest BCUT2D eigenvalue weighted by Gasteiger charge is -2.37. The zero-order chi connectivity index (χ0) is 17.2. The molecule has 5 heteroatoms. The number of nitrogens with zero attached hydrogens (tertiary/aromatic N) is 4. The molecule has 4 rings (SSSR count). The van der Waals surface area contributed by atoms with Crippen LogP contribution in [0.4, 0.5) is 11.5 Å². The Balaban J connectivity index is 1.58. The first-order valence-corrected chi connectivity index (χ1v) is 8.63. The largest absolute Gasteiger partial charge is 0.495 e. The Labute approximate surface area is 147 Å². The second-order valence-corrected chi connectivity index (χ2v) is 6.30. The number of anilines is 2. The molecule has 3 aromatic rings. The highest BCUT2D eigenvalue weighted by Crippen LogP contribution is 2.30. The normalized spacial score (nSPS) is 14.8. The van der Waals surface area contributed by atoms with Gasteiger partial charge in [0.05, 0.1) is 18.5 Å². The zero-order valence-electron chi connectivity index (χ0n) is 14.6. The predicted molar refractivity (Wildman–Crippen MR) is 102 cm³/mol. The van der Waals surface area contributed by atoms with E-state index in [2.05, 4.69) is 56.4 Å². The molecule has 1 aliphatic rings. The first kappa shape index (κ1) is 15.7. The minimum absolute atomic E-state index is 0.916. The van der Waals surface area contributed by atoms with Gasteiger partial charge in [-0.3, -0.25) is 0 Å². The van der Waals surface area contributed by atoms with Crippen LogP contribution in [-0.4, -0.2) is 43.5 Å². The van der Waals surface area contributed by atoms with Gasteiger partial charge < -0.3 is 14.5 Å². The number of hydrogen-bond acceptors (Lipinski definition) is 5. The van der Waals surface area contributed by atoms with Gasteiger partial charge in [-0.15, -0.1) is 5.10 Å². The summed E-state index contributed by atoms with van der Waals surface area (Å²) < 4.78 is 5.50. The summed E-state index contributed by atoms with van der Waals surface area (Å²) in [6.45, 7) is 5.72. The Kier molecular flexibility index (Phi) is 4.14. The molecule has 0 unspecified atom stereocenters. The van der Waals surface area contributed by atoms with E-state index in [1.54, 1.807) is 7.11 Å². The molecule has 0 radical (unpaired) electrons. The number of benzene rings is 2. The van der Waals surface area contributed by atoms with Crippen molar-refractivity contribution in [3.05, 3.63) is 54.2 Å². The van der Waals surface area contributed by atoms with Crippen LogP contribution >= 0.6 is 0 Å². The summed E-state index contributed by atoms with van der Waals surface area (Å²) in [5.41, 5.74) is 2.14. The van der Waals surface area contributed by atoms with Crippen LogP contribution in [0.15, 0.2) is 48.5 Å². The van der Waals surface area contributed by atoms with Gasteiger partial charge in [-0.25, -0.2) is 0 Å². The molecular formula is C20H22N4O. The van der Waals surface area contributed by atoms with Gasteiger partial charge in [-0.05, 0) is 19.1 Å². The van der Waals surface area contributed by atoms with E-state index in [9.17, 15) is 0 Å². The number of piperazine rings is 1. The summed E-state index contributed by atoms with van der Waals surface area (Å²) >= 11 is 0. The van der Waals surface area contributed by atoms with E-state index >= 15 is 0 Å². The smallest absolute Gasteiger partial charge is 0.159 e. The summed E-state index contributed by atoms with van der Waals surface area (Å²) in [5.74, 6) is 1.91. The third-order valence-electron chi connectivity index (χ3n) is 4.86. The SMILES string of the molecule is COc1ccccc1N1CCN(c2nnc(C)c3ccccc23)CC1. The van der Waals surface area contributed by atoms with E-state index in [4.69, 9.17) is 4.74 Å². The maximum Gasteiger partial charge on any atom is 0.159 e. The Bertz CT molecular complexity index is 888. The van der Waals surface area contributed by atoms with Crippen molar-refractivity contribution in [2.24, 2.45) is 0 Å². The lowest BCUT2D eigenvalue weighted by atomic mass is 10.1. The molecule has 2 aromatic carbocycles. The van der Waals surface area contributed by atoms with Crippen LogP contribution in [0.25, 0.3) is 10.8 Å². The summed E-state index contributed by atoms with van der Waals surface area (Å²) in [6.07, 6.45) is 0. The predicted octanol–water partition coefficient (Wildman–Crippen LogP) is 3.27. The van der Waals surface area contributed by atoms with E-state index in [0.29, 0.717) is 0 Å². The van der Waals surface area contributed by atoms with Crippen molar-refractivity contribution < 1.29 is 4.74 Å². The average molecular weight is 334 g/mol. The molecule has 0 N–H and O–H groups in total. The van der Waals surface area contributed by atoms with E-state index in [1.807, 2.05) is 19.1 Å². The van der Waals surface area contributed by atoms with Crippen molar-refractivity contribution in [1.29, 1.82) is 0 Å². The van der Waals surface area contributed by atoms with Crippen molar-refractivity contribution in [3.8, 4) is 5.75 Å². The van der Waals surface area contributed by atoms with E-state index in [-0.39, 0.29) is 0 Å². The van der Waals surface area contributed by atoms with Gasteiger partial charge in [-0.2, -0.15) is 5.10 Å². The Morgan fingerprint density at radius 3 is 2.20 bits per heavy atom. The zero-order valence-corrected chi connectivity index (χ0v) is 14.6. The molecular weight excluding hydrogens is 312 g/mol. The first-order chi connectivity index (χ1) is 12.3. The standard InChI is InChI=1S/C20H22N4O/c1-15-16-7-3-4-8-17(16)20(22-21-15)24-13-11-23(12-14-24)18-9-5-6-10-19(18)25-2/h3-10H,11-14H2,1-2H3. The van der Waals surface area contributed by atoms with Crippen molar-refractivity contribution in [1.82, 2.24) is 10.2 Å². The van der Waals surface area contributed by atoms with Gasteiger partial charge in [-0.1, -0.05) is 36.4 Å². The molecule has 128 valence electrons. The fourth-order valence-electron chi connectivity index (χ4n) is 3.51. The van der Waals surface area contributed by atoms with Crippen LogP contribution in [0.5, 0.6) is 5.75 Å². The van der Waals surface area contributed by atoms with Crippen molar-refractivity contribution in [2.45, 2.75) is 6.92 Å². The number of aryl methyl sites for hydroxylation is 1. The molecule has 25 heavy (non-hydrogen) atoms. The van der Waals surface area contributed by atoms with Crippen LogP contribution in [0.2, 0.25) is 0 Å². The van der Waals surface area contributed by atoms with E-state index in [1.165, 1.54) is 10.8 Å². The molecule has 1 aliphatic heterocycles. The van der Waals surface area contributed by atoms with Gasteiger partial charge >= 0.3 is 0 Å².